The largest absolute Gasteiger partial charge is 0.494 e. The summed E-state index contributed by atoms with van der Waals surface area (Å²) in [5.74, 6) is 0.133. The van der Waals surface area contributed by atoms with Crippen molar-refractivity contribution in [2.75, 3.05) is 11.9 Å². The lowest BCUT2D eigenvalue weighted by atomic mass is 10.0. The number of carboxylic acid groups (broad SMARTS) is 1. The number of hydrogen-bond acceptors (Lipinski definition) is 4. The van der Waals surface area contributed by atoms with Crippen molar-refractivity contribution in [1.29, 1.82) is 0 Å². The second-order valence-electron chi connectivity index (χ2n) is 10.1. The van der Waals surface area contributed by atoms with Crippen molar-refractivity contribution >= 4 is 28.3 Å². The Kier molecular flexibility index (Phi) is 9.14. The Labute approximate surface area is 245 Å². The predicted octanol–water partition coefficient (Wildman–Crippen LogP) is 8.01. The molecular formula is C36H33NO5. The van der Waals surface area contributed by atoms with E-state index in [1.54, 1.807) is 12.1 Å². The fourth-order valence-electron chi connectivity index (χ4n) is 4.64. The summed E-state index contributed by atoms with van der Waals surface area (Å²) in [5.41, 5.74) is 4.07. The zero-order chi connectivity index (χ0) is 29.3. The number of fused-ring (bicyclic) bond motifs is 1. The first-order chi connectivity index (χ1) is 20.5. The highest BCUT2D eigenvalue weighted by molar-refractivity contribution is 6.06. The molecule has 5 rings (SSSR count). The van der Waals surface area contributed by atoms with Crippen LogP contribution in [0.3, 0.4) is 0 Å². The number of carboxylic acids is 1. The molecule has 6 heteroatoms. The van der Waals surface area contributed by atoms with E-state index in [0.717, 1.165) is 46.1 Å². The zero-order valence-electron chi connectivity index (χ0n) is 23.5. The van der Waals surface area contributed by atoms with Gasteiger partial charge in [-0.15, -0.1) is 0 Å². The van der Waals surface area contributed by atoms with Gasteiger partial charge >= 0.3 is 5.97 Å². The van der Waals surface area contributed by atoms with E-state index < -0.39 is 12.1 Å². The first-order valence-corrected chi connectivity index (χ1v) is 14.1. The Morgan fingerprint density at radius 1 is 0.762 bits per heavy atom. The Bertz CT molecular complexity index is 1650. The van der Waals surface area contributed by atoms with Crippen LogP contribution in [-0.2, 0) is 11.2 Å². The van der Waals surface area contributed by atoms with Crippen LogP contribution in [0.5, 0.6) is 11.5 Å². The number of unbranched alkanes of at least 4 members (excludes halogenated alkanes) is 1. The van der Waals surface area contributed by atoms with Crippen LogP contribution in [0, 0.1) is 0 Å². The molecule has 0 saturated heterocycles. The van der Waals surface area contributed by atoms with Crippen LogP contribution in [0.15, 0.2) is 115 Å². The molecule has 0 heterocycles. The number of amides is 1. The summed E-state index contributed by atoms with van der Waals surface area (Å²) in [6.07, 6.45) is 1.40. The van der Waals surface area contributed by atoms with Crippen LogP contribution < -0.4 is 14.8 Å². The maximum Gasteiger partial charge on any atom is 0.345 e. The van der Waals surface area contributed by atoms with Crippen molar-refractivity contribution in [3.8, 4) is 22.6 Å². The van der Waals surface area contributed by atoms with Gasteiger partial charge in [-0.2, -0.15) is 0 Å². The minimum atomic E-state index is -1.01. The van der Waals surface area contributed by atoms with Gasteiger partial charge in [-0.05, 0) is 82.4 Å². The second-order valence-corrected chi connectivity index (χ2v) is 10.1. The number of carbonyl (C=O) groups is 2. The summed E-state index contributed by atoms with van der Waals surface area (Å²) >= 11 is 0. The van der Waals surface area contributed by atoms with Gasteiger partial charge in [0.1, 0.15) is 11.5 Å². The van der Waals surface area contributed by atoms with Gasteiger partial charge in [-0.1, -0.05) is 80.1 Å². The summed E-state index contributed by atoms with van der Waals surface area (Å²) in [4.78, 5) is 24.7. The number of aliphatic carboxylic acids is 1. The number of rotatable bonds is 12. The van der Waals surface area contributed by atoms with Crippen molar-refractivity contribution in [2.45, 2.75) is 32.3 Å². The number of ether oxygens (including phenoxy) is 2. The van der Waals surface area contributed by atoms with Crippen LogP contribution in [0.1, 0.15) is 35.7 Å². The summed E-state index contributed by atoms with van der Waals surface area (Å²) in [6.45, 7) is 2.83. The van der Waals surface area contributed by atoms with E-state index >= 15 is 0 Å². The Morgan fingerprint density at radius 2 is 1.40 bits per heavy atom. The Balaban J connectivity index is 1.20. The third kappa shape index (κ3) is 7.34. The number of hydrogen-bond donors (Lipinski definition) is 2. The van der Waals surface area contributed by atoms with Gasteiger partial charge in [0.2, 0.25) is 0 Å². The second kappa shape index (κ2) is 13.5. The zero-order valence-corrected chi connectivity index (χ0v) is 23.5. The van der Waals surface area contributed by atoms with Crippen molar-refractivity contribution in [2.24, 2.45) is 0 Å². The lowest BCUT2D eigenvalue weighted by molar-refractivity contribution is -0.145. The van der Waals surface area contributed by atoms with Gasteiger partial charge < -0.3 is 19.9 Å². The van der Waals surface area contributed by atoms with Gasteiger partial charge in [-0.3, -0.25) is 4.79 Å². The van der Waals surface area contributed by atoms with Gasteiger partial charge in [-0.25, -0.2) is 4.79 Å². The number of carbonyl (C=O) groups excluding carboxylic acids is 1. The van der Waals surface area contributed by atoms with Gasteiger partial charge in [0.05, 0.1) is 6.61 Å². The molecule has 0 aliphatic carbocycles. The molecule has 2 N–H and O–H groups in total. The van der Waals surface area contributed by atoms with Crippen LogP contribution in [0.2, 0.25) is 0 Å². The topological polar surface area (TPSA) is 84.9 Å². The fourth-order valence-corrected chi connectivity index (χ4v) is 4.64. The van der Waals surface area contributed by atoms with E-state index in [4.69, 9.17) is 9.47 Å². The lowest BCUT2D eigenvalue weighted by Crippen LogP contribution is -2.29. The minimum absolute atomic E-state index is 0.182. The van der Waals surface area contributed by atoms with E-state index in [1.807, 2.05) is 103 Å². The molecular weight excluding hydrogens is 526 g/mol. The molecule has 1 atom stereocenters. The third-order valence-electron chi connectivity index (χ3n) is 6.99. The summed E-state index contributed by atoms with van der Waals surface area (Å²) in [6, 6.07) is 35.9. The molecule has 1 unspecified atom stereocenters. The number of benzene rings is 5. The van der Waals surface area contributed by atoms with Crippen LogP contribution in [-0.4, -0.2) is 29.7 Å². The maximum absolute atomic E-state index is 13.0. The van der Waals surface area contributed by atoms with Crippen LogP contribution in [0.4, 0.5) is 5.69 Å². The highest BCUT2D eigenvalue weighted by Crippen LogP contribution is 2.26. The normalized spacial score (nSPS) is 11.5. The van der Waals surface area contributed by atoms with Crippen molar-refractivity contribution in [3.63, 3.8) is 0 Å². The molecule has 0 aliphatic heterocycles. The Hall–Kier alpha value is -5.10. The van der Waals surface area contributed by atoms with E-state index in [1.165, 1.54) is 0 Å². The van der Waals surface area contributed by atoms with E-state index in [-0.39, 0.29) is 12.3 Å². The van der Waals surface area contributed by atoms with E-state index in [2.05, 4.69) is 12.2 Å². The van der Waals surface area contributed by atoms with E-state index in [9.17, 15) is 14.7 Å². The number of nitrogens with one attached hydrogen (secondary N) is 1. The molecule has 0 radical (unpaired) electrons. The molecule has 5 aromatic rings. The van der Waals surface area contributed by atoms with Crippen LogP contribution >= 0.6 is 0 Å². The van der Waals surface area contributed by atoms with Gasteiger partial charge in [0, 0.05) is 17.7 Å². The summed E-state index contributed by atoms with van der Waals surface area (Å²) in [5, 5.41) is 14.6. The third-order valence-corrected chi connectivity index (χ3v) is 6.99. The van der Waals surface area contributed by atoms with Crippen molar-refractivity contribution in [1.82, 2.24) is 0 Å². The van der Waals surface area contributed by atoms with Crippen molar-refractivity contribution < 1.29 is 24.2 Å². The average Bonchev–Trinajstić information content (AvgIpc) is 3.02. The maximum atomic E-state index is 13.0. The molecule has 5 aromatic carbocycles. The molecule has 6 nitrogen and oxygen atoms in total. The van der Waals surface area contributed by atoms with Crippen LogP contribution in [0.25, 0.3) is 21.9 Å². The van der Waals surface area contributed by atoms with Gasteiger partial charge in [0.15, 0.2) is 6.10 Å². The lowest BCUT2D eigenvalue weighted by Gasteiger charge is -2.15. The van der Waals surface area contributed by atoms with E-state index in [0.29, 0.717) is 23.6 Å². The first-order valence-electron chi connectivity index (χ1n) is 14.1. The smallest absolute Gasteiger partial charge is 0.345 e. The molecule has 1 amide bonds. The Morgan fingerprint density at radius 3 is 2.10 bits per heavy atom. The monoisotopic (exact) mass is 559 g/mol. The number of anilines is 1. The molecule has 0 aromatic heterocycles. The molecule has 0 saturated carbocycles. The molecule has 0 fully saturated rings. The fraction of sp³-hybridized carbons (Fsp3) is 0.167. The van der Waals surface area contributed by atoms with Crippen molar-refractivity contribution in [3.05, 3.63) is 126 Å². The molecule has 0 bridgehead atoms. The minimum Gasteiger partial charge on any atom is -0.494 e. The molecule has 212 valence electrons. The highest BCUT2D eigenvalue weighted by atomic mass is 16.5. The highest BCUT2D eigenvalue weighted by Gasteiger charge is 2.20. The first kappa shape index (κ1) is 28.4. The molecule has 0 aliphatic rings. The molecule has 42 heavy (non-hydrogen) atoms. The predicted molar refractivity (Wildman–Crippen MR) is 166 cm³/mol. The summed E-state index contributed by atoms with van der Waals surface area (Å²) < 4.78 is 11.6. The standard InChI is InChI=1S/C36H33NO5/c1-2-3-21-41-33-20-15-28-23-30(10-9-29(28)24-33)35(38)37-31-16-11-26(12-17-31)27-13-18-32(19-14-27)42-34(36(39)40)22-25-7-5-4-6-8-25/h4-20,23-24,34H,2-3,21-22H2,1H3,(H,37,38)(H,39,40). The SMILES string of the molecule is CCCCOc1ccc2cc(C(=O)Nc3ccc(-c4ccc(OC(Cc5ccccc5)C(=O)O)cc4)cc3)ccc2c1. The summed E-state index contributed by atoms with van der Waals surface area (Å²) in [7, 11) is 0. The molecule has 0 spiro atoms. The quantitative estimate of drug-likeness (QED) is 0.151. The average molecular weight is 560 g/mol. The van der Waals surface area contributed by atoms with Gasteiger partial charge in [0.25, 0.3) is 5.91 Å².